The molecule has 0 aromatic heterocycles. The topological polar surface area (TPSA) is 65.0 Å². The first-order valence-electron chi connectivity index (χ1n) is 9.30. The summed E-state index contributed by atoms with van der Waals surface area (Å²) in [5, 5.41) is 0. The molecule has 0 aromatic carbocycles. The molecule has 5 nitrogen and oxygen atoms in total. The summed E-state index contributed by atoms with van der Waals surface area (Å²) >= 11 is 0. The summed E-state index contributed by atoms with van der Waals surface area (Å²) in [7, 11) is -1.08. The van der Waals surface area contributed by atoms with Crippen molar-refractivity contribution in [3.63, 3.8) is 0 Å². The van der Waals surface area contributed by atoms with Crippen LogP contribution in [0.4, 0.5) is 0 Å². The number of aldehydes is 1. The third kappa shape index (κ3) is 7.11. The van der Waals surface area contributed by atoms with E-state index in [0.29, 0.717) is 18.9 Å². The molecule has 0 fully saturated rings. The molecule has 0 spiro atoms. The number of rotatable bonds is 12. The monoisotopic (exact) mass is 369 g/mol. The fourth-order valence-electron chi connectivity index (χ4n) is 3.11. The fraction of sp³-hybridized carbons (Fsp3) is 0.842. The van der Waals surface area contributed by atoms with Crippen LogP contribution in [0.1, 0.15) is 33.6 Å². The highest BCUT2D eigenvalue weighted by Crippen LogP contribution is 2.35. The zero-order valence-corrected chi connectivity index (χ0v) is 17.7. The van der Waals surface area contributed by atoms with Gasteiger partial charge in [0.25, 0.3) is 0 Å². The number of carbonyl (C=O) groups is 2. The van der Waals surface area contributed by atoms with E-state index in [-0.39, 0.29) is 30.8 Å². The Morgan fingerprint density at radius 3 is 2.52 bits per heavy atom. The number of ketones is 1. The average Bonchev–Trinajstić information content (AvgIpc) is 2.78. The molecule has 1 aliphatic rings. The van der Waals surface area contributed by atoms with Gasteiger partial charge in [0.2, 0.25) is 0 Å². The van der Waals surface area contributed by atoms with Gasteiger partial charge in [-0.3, -0.25) is 9.79 Å². The maximum absolute atomic E-state index is 12.9. The van der Waals surface area contributed by atoms with E-state index in [1.807, 2.05) is 20.8 Å². The average molecular weight is 370 g/mol. The van der Waals surface area contributed by atoms with E-state index < -0.39 is 13.6 Å². The number of Topliss-reactive ketones (excluding diaryl/α,β-unsaturated/α-hetero) is 1. The molecule has 25 heavy (non-hydrogen) atoms. The van der Waals surface area contributed by atoms with Gasteiger partial charge in [0.15, 0.2) is 5.78 Å². The van der Waals surface area contributed by atoms with Crippen LogP contribution in [0, 0.1) is 17.8 Å². The SMILES string of the molecule is CC(C)CC1(CC=O)N=CC([C@@H](C)COCOCC[Si](C)(C)C)C1=O. The van der Waals surface area contributed by atoms with Gasteiger partial charge in [0, 0.05) is 27.3 Å². The van der Waals surface area contributed by atoms with Crippen LogP contribution >= 0.6 is 0 Å². The predicted molar refractivity (Wildman–Crippen MR) is 104 cm³/mol. The summed E-state index contributed by atoms with van der Waals surface area (Å²) in [6.45, 7) is 14.5. The lowest BCUT2D eigenvalue weighted by molar-refractivity contribution is -0.129. The molecule has 0 bridgehead atoms. The van der Waals surface area contributed by atoms with Crippen LogP contribution in [0.25, 0.3) is 0 Å². The number of hydrogen-bond acceptors (Lipinski definition) is 5. The zero-order valence-electron chi connectivity index (χ0n) is 16.7. The molecule has 2 unspecified atom stereocenters. The van der Waals surface area contributed by atoms with E-state index >= 15 is 0 Å². The minimum Gasteiger partial charge on any atom is -0.356 e. The molecule has 6 heteroatoms. The van der Waals surface area contributed by atoms with Gasteiger partial charge in [-0.2, -0.15) is 0 Å². The molecule has 0 saturated heterocycles. The second kappa shape index (κ2) is 9.74. The Balaban J connectivity index is 2.44. The molecule has 0 N–H and O–H groups in total. The van der Waals surface area contributed by atoms with Crippen LogP contribution in [0.3, 0.4) is 0 Å². The quantitative estimate of drug-likeness (QED) is 0.228. The van der Waals surface area contributed by atoms with Crippen molar-refractivity contribution in [2.24, 2.45) is 22.7 Å². The maximum atomic E-state index is 12.9. The Morgan fingerprint density at radius 1 is 1.28 bits per heavy atom. The van der Waals surface area contributed by atoms with Gasteiger partial charge in [-0.05, 0) is 24.3 Å². The predicted octanol–water partition coefficient (Wildman–Crippen LogP) is 3.60. The summed E-state index contributed by atoms with van der Waals surface area (Å²) in [6, 6.07) is 1.11. The third-order valence-electron chi connectivity index (χ3n) is 4.57. The van der Waals surface area contributed by atoms with E-state index in [2.05, 4.69) is 24.6 Å². The van der Waals surface area contributed by atoms with E-state index in [1.165, 1.54) is 0 Å². The number of ether oxygens (including phenoxy) is 2. The molecule has 3 atom stereocenters. The first-order chi connectivity index (χ1) is 11.6. The Kier molecular flexibility index (Phi) is 8.64. The van der Waals surface area contributed by atoms with Crippen LogP contribution in [-0.4, -0.2) is 51.9 Å². The number of aliphatic imine (C=N–C) groups is 1. The highest BCUT2D eigenvalue weighted by molar-refractivity contribution is 6.76. The van der Waals surface area contributed by atoms with E-state index in [4.69, 9.17) is 9.47 Å². The van der Waals surface area contributed by atoms with Gasteiger partial charge in [0.1, 0.15) is 18.6 Å². The lowest BCUT2D eigenvalue weighted by Gasteiger charge is -2.27. The minimum atomic E-state index is -1.08. The summed E-state index contributed by atoms with van der Waals surface area (Å²) in [5.74, 6) is 0.119. The molecular formula is C19H35NO4Si. The molecule has 0 saturated carbocycles. The van der Waals surface area contributed by atoms with Crippen molar-refractivity contribution in [1.82, 2.24) is 0 Å². The van der Waals surface area contributed by atoms with Crippen molar-refractivity contribution in [3.05, 3.63) is 0 Å². The summed E-state index contributed by atoms with van der Waals surface area (Å²) < 4.78 is 11.1. The van der Waals surface area contributed by atoms with Crippen molar-refractivity contribution in [1.29, 1.82) is 0 Å². The van der Waals surface area contributed by atoms with Crippen molar-refractivity contribution in [3.8, 4) is 0 Å². The van der Waals surface area contributed by atoms with Crippen molar-refractivity contribution in [2.45, 2.75) is 64.8 Å². The lowest BCUT2D eigenvalue weighted by atomic mass is 9.78. The van der Waals surface area contributed by atoms with Crippen LogP contribution in [0.15, 0.2) is 4.99 Å². The summed E-state index contributed by atoms with van der Waals surface area (Å²) in [6.07, 6.45) is 3.33. The molecule has 0 radical (unpaired) electrons. The second-order valence-electron chi connectivity index (χ2n) is 8.85. The molecule has 0 aliphatic carbocycles. The fourth-order valence-corrected chi connectivity index (χ4v) is 3.86. The van der Waals surface area contributed by atoms with Crippen molar-refractivity contribution >= 4 is 26.4 Å². The minimum absolute atomic E-state index is 0.0255. The Hall–Kier alpha value is -0.853. The Bertz CT molecular complexity index is 473. The Morgan fingerprint density at radius 2 is 1.96 bits per heavy atom. The molecule has 144 valence electrons. The van der Waals surface area contributed by atoms with Crippen LogP contribution in [0.2, 0.25) is 25.7 Å². The van der Waals surface area contributed by atoms with Crippen LogP contribution in [0.5, 0.6) is 0 Å². The number of nitrogens with zero attached hydrogens (tertiary/aromatic N) is 1. The van der Waals surface area contributed by atoms with E-state index in [1.54, 1.807) is 6.21 Å². The normalized spacial score (nSPS) is 24.9. The van der Waals surface area contributed by atoms with E-state index in [0.717, 1.165) is 18.9 Å². The van der Waals surface area contributed by atoms with Gasteiger partial charge < -0.3 is 14.3 Å². The largest absolute Gasteiger partial charge is 0.356 e. The van der Waals surface area contributed by atoms with Crippen molar-refractivity contribution < 1.29 is 19.1 Å². The van der Waals surface area contributed by atoms with Gasteiger partial charge in [-0.1, -0.05) is 40.4 Å². The highest BCUT2D eigenvalue weighted by atomic mass is 28.3. The molecular weight excluding hydrogens is 334 g/mol. The first kappa shape index (κ1) is 22.2. The number of hydrogen-bond donors (Lipinski definition) is 0. The molecule has 0 amide bonds. The van der Waals surface area contributed by atoms with E-state index in [9.17, 15) is 9.59 Å². The summed E-state index contributed by atoms with van der Waals surface area (Å²) in [5.41, 5.74) is -0.858. The van der Waals surface area contributed by atoms with Crippen LogP contribution in [-0.2, 0) is 19.1 Å². The summed E-state index contributed by atoms with van der Waals surface area (Å²) in [4.78, 5) is 28.4. The first-order valence-corrected chi connectivity index (χ1v) is 13.0. The van der Waals surface area contributed by atoms with Crippen LogP contribution < -0.4 is 0 Å². The van der Waals surface area contributed by atoms with Gasteiger partial charge in [-0.15, -0.1) is 0 Å². The van der Waals surface area contributed by atoms with Gasteiger partial charge in [0.05, 0.1) is 12.5 Å². The maximum Gasteiger partial charge on any atom is 0.169 e. The standard InChI is InChI=1S/C19H35NO4Si/c1-15(2)11-19(7-8-21)18(22)17(12-20-19)16(3)13-24-14-23-9-10-25(4,5)6/h8,12,15-17H,7,9-11,13-14H2,1-6H3/t16-,17?,19?/m0/s1. The molecule has 0 aromatic rings. The van der Waals surface area contributed by atoms with Gasteiger partial charge >= 0.3 is 0 Å². The second-order valence-corrected chi connectivity index (χ2v) is 14.5. The molecule has 1 aliphatic heterocycles. The number of carbonyl (C=O) groups excluding carboxylic acids is 2. The van der Waals surface area contributed by atoms with Crippen molar-refractivity contribution in [2.75, 3.05) is 20.0 Å². The smallest absolute Gasteiger partial charge is 0.169 e. The molecule has 1 heterocycles. The molecule has 1 rings (SSSR count). The van der Waals surface area contributed by atoms with Gasteiger partial charge in [-0.25, -0.2) is 0 Å². The highest BCUT2D eigenvalue weighted by Gasteiger charge is 2.46. The zero-order chi connectivity index (χ0) is 19.1. The third-order valence-corrected chi connectivity index (χ3v) is 6.27. The lowest BCUT2D eigenvalue weighted by Crippen LogP contribution is -2.40. The Labute approximate surface area is 153 Å².